The zero-order valence-electron chi connectivity index (χ0n) is 13.5. The molecule has 3 rings (SSSR count). The maximum absolute atomic E-state index is 13.7. The summed E-state index contributed by atoms with van der Waals surface area (Å²) in [4.78, 5) is 14.2. The average molecular weight is 368 g/mol. The molecule has 134 valence electrons. The predicted molar refractivity (Wildman–Crippen MR) is 89.6 cm³/mol. The number of hydrogen-bond donors (Lipinski definition) is 2. The van der Waals surface area contributed by atoms with Crippen molar-refractivity contribution in [2.24, 2.45) is 0 Å². The maximum atomic E-state index is 13.7. The van der Waals surface area contributed by atoms with E-state index in [9.17, 15) is 14.3 Å². The van der Waals surface area contributed by atoms with E-state index < -0.39 is 11.7 Å². The SMILES string of the molecule is O=C(NCc1c(F)cccc1Cl)c1cc(CN2CCC[C@H](O)C2)on1. The highest BCUT2D eigenvalue weighted by Gasteiger charge is 2.20. The Bertz CT molecular complexity index is 732. The molecule has 0 saturated carbocycles. The summed E-state index contributed by atoms with van der Waals surface area (Å²) in [6, 6.07) is 5.91. The zero-order valence-corrected chi connectivity index (χ0v) is 14.3. The van der Waals surface area contributed by atoms with Crippen molar-refractivity contribution in [1.82, 2.24) is 15.4 Å². The van der Waals surface area contributed by atoms with Gasteiger partial charge in [-0.3, -0.25) is 9.69 Å². The van der Waals surface area contributed by atoms with Gasteiger partial charge in [-0.05, 0) is 31.5 Å². The third-order valence-electron chi connectivity index (χ3n) is 4.14. The quantitative estimate of drug-likeness (QED) is 0.848. The third kappa shape index (κ3) is 4.56. The second-order valence-electron chi connectivity index (χ2n) is 6.09. The highest BCUT2D eigenvalue weighted by atomic mass is 35.5. The molecule has 8 heteroatoms. The lowest BCUT2D eigenvalue weighted by Crippen LogP contribution is -2.37. The smallest absolute Gasteiger partial charge is 0.273 e. The lowest BCUT2D eigenvalue weighted by Gasteiger charge is -2.28. The van der Waals surface area contributed by atoms with Crippen LogP contribution in [0.2, 0.25) is 5.02 Å². The summed E-state index contributed by atoms with van der Waals surface area (Å²) in [7, 11) is 0. The van der Waals surface area contributed by atoms with Crippen LogP contribution in [-0.2, 0) is 13.1 Å². The van der Waals surface area contributed by atoms with E-state index in [4.69, 9.17) is 16.1 Å². The molecule has 6 nitrogen and oxygen atoms in total. The van der Waals surface area contributed by atoms with Crippen molar-refractivity contribution in [1.29, 1.82) is 0 Å². The fourth-order valence-electron chi connectivity index (χ4n) is 2.85. The summed E-state index contributed by atoms with van der Waals surface area (Å²) in [6.07, 6.45) is 1.40. The van der Waals surface area contributed by atoms with Gasteiger partial charge in [-0.25, -0.2) is 4.39 Å². The number of rotatable bonds is 5. The molecule has 2 N–H and O–H groups in total. The van der Waals surface area contributed by atoms with Crippen LogP contribution in [0.3, 0.4) is 0 Å². The number of β-amino-alcohol motifs (C(OH)–C–C–N with tert-alkyl or cyclic N) is 1. The van der Waals surface area contributed by atoms with Gasteiger partial charge in [0.1, 0.15) is 5.82 Å². The van der Waals surface area contributed by atoms with E-state index in [1.54, 1.807) is 12.1 Å². The second kappa shape index (κ2) is 7.95. The van der Waals surface area contributed by atoms with Crippen LogP contribution in [0.15, 0.2) is 28.8 Å². The van der Waals surface area contributed by atoms with Crippen LogP contribution in [0.25, 0.3) is 0 Å². The highest BCUT2D eigenvalue weighted by molar-refractivity contribution is 6.31. The average Bonchev–Trinajstić information content (AvgIpc) is 3.03. The molecule has 0 radical (unpaired) electrons. The maximum Gasteiger partial charge on any atom is 0.273 e. The van der Waals surface area contributed by atoms with Crippen LogP contribution in [0.1, 0.15) is 34.7 Å². The Labute approximate surface area is 149 Å². The minimum Gasteiger partial charge on any atom is -0.392 e. The number of piperidine rings is 1. The molecular weight excluding hydrogens is 349 g/mol. The number of carbonyl (C=O) groups is 1. The predicted octanol–water partition coefficient (Wildman–Crippen LogP) is 2.35. The number of carbonyl (C=O) groups excluding carboxylic acids is 1. The summed E-state index contributed by atoms with van der Waals surface area (Å²) in [5.74, 6) is -0.395. The van der Waals surface area contributed by atoms with Gasteiger partial charge in [0.15, 0.2) is 11.5 Å². The number of nitrogens with zero attached hydrogens (tertiary/aromatic N) is 2. The Kier molecular flexibility index (Phi) is 5.67. The molecule has 0 spiro atoms. The molecular formula is C17H19ClFN3O3. The van der Waals surface area contributed by atoms with E-state index in [-0.39, 0.29) is 28.9 Å². The fraction of sp³-hybridized carbons (Fsp3) is 0.412. The van der Waals surface area contributed by atoms with Gasteiger partial charge in [0.25, 0.3) is 5.91 Å². The van der Waals surface area contributed by atoms with Gasteiger partial charge in [-0.2, -0.15) is 0 Å². The number of aliphatic hydroxyl groups is 1. The van der Waals surface area contributed by atoms with E-state index in [1.165, 1.54) is 12.1 Å². The standard InChI is InChI=1S/C17H19ClFN3O3/c18-14-4-1-5-15(19)13(14)8-20-17(24)16-7-12(25-21-16)10-22-6-2-3-11(23)9-22/h1,4-5,7,11,23H,2-3,6,8-10H2,(H,20,24)/t11-/m0/s1. The molecule has 2 aromatic rings. The van der Waals surface area contributed by atoms with Gasteiger partial charge in [0.05, 0.1) is 12.6 Å². The van der Waals surface area contributed by atoms with Crippen molar-refractivity contribution >= 4 is 17.5 Å². The van der Waals surface area contributed by atoms with Crippen LogP contribution < -0.4 is 5.32 Å². The van der Waals surface area contributed by atoms with E-state index in [0.717, 1.165) is 19.4 Å². The number of benzene rings is 1. The van der Waals surface area contributed by atoms with Crippen LogP contribution in [0, 0.1) is 5.82 Å². The second-order valence-corrected chi connectivity index (χ2v) is 6.50. The van der Waals surface area contributed by atoms with Crippen molar-refractivity contribution in [3.8, 4) is 0 Å². The lowest BCUT2D eigenvalue weighted by atomic mass is 10.1. The molecule has 25 heavy (non-hydrogen) atoms. The number of nitrogens with one attached hydrogen (secondary N) is 1. The molecule has 1 atom stereocenters. The molecule has 1 amide bonds. The van der Waals surface area contributed by atoms with Crippen LogP contribution >= 0.6 is 11.6 Å². The molecule has 1 aliphatic heterocycles. The molecule has 1 aromatic carbocycles. The van der Waals surface area contributed by atoms with Crippen molar-refractivity contribution in [3.63, 3.8) is 0 Å². The Hall–Kier alpha value is -1.96. The molecule has 0 aliphatic carbocycles. The van der Waals surface area contributed by atoms with E-state index in [2.05, 4.69) is 15.4 Å². The molecule has 1 fully saturated rings. The number of halogens is 2. The first kappa shape index (κ1) is 17.8. The summed E-state index contributed by atoms with van der Waals surface area (Å²) in [5.41, 5.74) is 0.351. The number of aromatic nitrogens is 1. The Morgan fingerprint density at radius 1 is 1.52 bits per heavy atom. The third-order valence-corrected chi connectivity index (χ3v) is 4.49. The first-order valence-electron chi connectivity index (χ1n) is 8.10. The van der Waals surface area contributed by atoms with Gasteiger partial charge in [-0.1, -0.05) is 22.8 Å². The Morgan fingerprint density at radius 2 is 2.36 bits per heavy atom. The first-order chi connectivity index (χ1) is 12.0. The number of amides is 1. The zero-order chi connectivity index (χ0) is 17.8. The minimum atomic E-state index is -0.475. The van der Waals surface area contributed by atoms with Crippen molar-refractivity contribution in [3.05, 3.63) is 52.1 Å². The first-order valence-corrected chi connectivity index (χ1v) is 8.48. The molecule has 1 aliphatic rings. The summed E-state index contributed by atoms with van der Waals surface area (Å²) >= 11 is 5.93. The van der Waals surface area contributed by atoms with E-state index >= 15 is 0 Å². The number of aliphatic hydroxyl groups excluding tert-OH is 1. The van der Waals surface area contributed by atoms with Crippen LogP contribution in [0.5, 0.6) is 0 Å². The molecule has 0 bridgehead atoms. The molecule has 1 aromatic heterocycles. The van der Waals surface area contributed by atoms with E-state index in [1.807, 2.05) is 0 Å². The van der Waals surface area contributed by atoms with E-state index in [0.29, 0.717) is 18.8 Å². The molecule has 1 saturated heterocycles. The monoisotopic (exact) mass is 367 g/mol. The van der Waals surface area contributed by atoms with Crippen LogP contribution in [0.4, 0.5) is 4.39 Å². The topological polar surface area (TPSA) is 78.6 Å². The van der Waals surface area contributed by atoms with Gasteiger partial charge < -0.3 is 14.9 Å². The number of likely N-dealkylation sites (tertiary alicyclic amines) is 1. The van der Waals surface area contributed by atoms with Gasteiger partial charge in [0.2, 0.25) is 0 Å². The van der Waals surface area contributed by atoms with Crippen molar-refractivity contribution in [2.75, 3.05) is 13.1 Å². The summed E-state index contributed by atoms with van der Waals surface area (Å²) in [6.45, 7) is 1.89. The largest absolute Gasteiger partial charge is 0.392 e. The molecule has 2 heterocycles. The summed E-state index contributed by atoms with van der Waals surface area (Å²) < 4.78 is 18.9. The Balaban J connectivity index is 1.57. The highest BCUT2D eigenvalue weighted by Crippen LogP contribution is 2.19. The van der Waals surface area contributed by atoms with Crippen LogP contribution in [-0.4, -0.2) is 40.3 Å². The van der Waals surface area contributed by atoms with Crippen molar-refractivity contribution in [2.45, 2.75) is 32.0 Å². The van der Waals surface area contributed by atoms with Crippen molar-refractivity contribution < 1.29 is 18.8 Å². The molecule has 0 unspecified atom stereocenters. The lowest BCUT2D eigenvalue weighted by molar-refractivity contribution is 0.0622. The summed E-state index contributed by atoms with van der Waals surface area (Å²) in [5, 5.41) is 16.3. The van der Waals surface area contributed by atoms with Gasteiger partial charge in [-0.15, -0.1) is 0 Å². The number of hydrogen-bond acceptors (Lipinski definition) is 5. The normalized spacial score (nSPS) is 18.3. The Morgan fingerprint density at radius 3 is 3.12 bits per heavy atom. The fourth-order valence-corrected chi connectivity index (χ4v) is 3.08. The minimum absolute atomic E-state index is 0.0369. The van der Waals surface area contributed by atoms with Gasteiger partial charge >= 0.3 is 0 Å². The van der Waals surface area contributed by atoms with Gasteiger partial charge in [0, 0.05) is 29.7 Å².